The van der Waals surface area contributed by atoms with Gasteiger partial charge in [0.1, 0.15) is 6.42 Å². The van der Waals surface area contributed by atoms with Gasteiger partial charge in [0.25, 0.3) is 0 Å². The van der Waals surface area contributed by atoms with Crippen LogP contribution < -0.4 is 0 Å². The number of hydrogen-bond donors (Lipinski definition) is 1. The van der Waals surface area contributed by atoms with Crippen molar-refractivity contribution in [1.29, 1.82) is 0 Å². The molecule has 14 heavy (non-hydrogen) atoms. The third-order valence-corrected chi connectivity index (χ3v) is 2.24. The third kappa shape index (κ3) is 1.41. The summed E-state index contributed by atoms with van der Waals surface area (Å²) in [5.41, 5.74) is 1.01. The summed E-state index contributed by atoms with van der Waals surface area (Å²) >= 11 is 0. The number of aryl methyl sites for hydroxylation is 1. The molecule has 74 valence electrons. The average Bonchev–Trinajstić information content (AvgIpc) is 2.49. The van der Waals surface area contributed by atoms with Crippen LogP contribution in [0.15, 0.2) is 4.52 Å². The van der Waals surface area contributed by atoms with Gasteiger partial charge in [0.15, 0.2) is 11.5 Å². The third-order valence-electron chi connectivity index (χ3n) is 2.24. The van der Waals surface area contributed by atoms with Gasteiger partial charge in [0.2, 0.25) is 0 Å². The quantitative estimate of drug-likeness (QED) is 0.755. The van der Waals surface area contributed by atoms with Gasteiger partial charge >= 0.3 is 5.97 Å². The maximum absolute atomic E-state index is 11.5. The van der Waals surface area contributed by atoms with Crippen molar-refractivity contribution in [2.75, 3.05) is 0 Å². The monoisotopic (exact) mass is 195 g/mol. The highest BCUT2D eigenvalue weighted by atomic mass is 16.5. The number of carbonyl (C=O) groups is 2. The summed E-state index contributed by atoms with van der Waals surface area (Å²) in [4.78, 5) is 21.9. The Morgan fingerprint density at radius 2 is 2.29 bits per heavy atom. The van der Waals surface area contributed by atoms with Gasteiger partial charge in [-0.1, -0.05) is 5.16 Å². The molecular weight excluding hydrogens is 186 g/mol. The number of carboxylic acid groups (broad SMARTS) is 1. The molecule has 0 amide bonds. The summed E-state index contributed by atoms with van der Waals surface area (Å²) in [5.74, 6) is -0.872. The van der Waals surface area contributed by atoms with Gasteiger partial charge in [0, 0.05) is 6.42 Å². The smallest absolute Gasteiger partial charge is 0.311 e. The average molecular weight is 195 g/mol. The molecule has 1 aromatic heterocycles. The zero-order valence-corrected chi connectivity index (χ0v) is 7.45. The first kappa shape index (κ1) is 8.93. The molecule has 1 heterocycles. The molecule has 5 nitrogen and oxygen atoms in total. The Kier molecular flexibility index (Phi) is 2.07. The number of carbonyl (C=O) groups excluding carboxylic acids is 1. The largest absolute Gasteiger partial charge is 0.481 e. The van der Waals surface area contributed by atoms with Crippen LogP contribution in [-0.2, 0) is 17.6 Å². The Balaban J connectivity index is 2.38. The van der Waals surface area contributed by atoms with E-state index in [0.717, 1.165) is 6.42 Å². The van der Waals surface area contributed by atoms with Crippen LogP contribution in [0.3, 0.4) is 0 Å². The molecule has 0 saturated heterocycles. The Labute approximate surface area is 79.7 Å². The summed E-state index contributed by atoms with van der Waals surface area (Å²) in [6.07, 6.45) is 1.66. The molecule has 0 fully saturated rings. The molecule has 2 rings (SSSR count). The van der Waals surface area contributed by atoms with Crippen LogP contribution in [-0.4, -0.2) is 22.0 Å². The first-order valence-corrected chi connectivity index (χ1v) is 4.41. The second kappa shape index (κ2) is 3.25. The van der Waals surface area contributed by atoms with Gasteiger partial charge < -0.3 is 9.63 Å². The molecule has 1 aromatic rings. The van der Waals surface area contributed by atoms with Crippen LogP contribution in [0, 0.1) is 0 Å². The van der Waals surface area contributed by atoms with Gasteiger partial charge in [-0.2, -0.15) is 0 Å². The summed E-state index contributed by atoms with van der Waals surface area (Å²) in [6.45, 7) is 0. The zero-order valence-electron chi connectivity index (χ0n) is 7.45. The number of aromatic nitrogens is 1. The summed E-state index contributed by atoms with van der Waals surface area (Å²) in [5, 5.41) is 12.3. The van der Waals surface area contributed by atoms with Crippen LogP contribution in [0.25, 0.3) is 0 Å². The lowest BCUT2D eigenvalue weighted by Gasteiger charge is -2.07. The molecule has 1 N–H and O–H groups in total. The number of fused-ring (bicyclic) bond motifs is 1. The minimum atomic E-state index is -1.01. The van der Waals surface area contributed by atoms with Crippen molar-refractivity contribution in [1.82, 2.24) is 5.16 Å². The van der Waals surface area contributed by atoms with Gasteiger partial charge in [0.05, 0.1) is 11.3 Å². The second-order valence-electron chi connectivity index (χ2n) is 3.27. The van der Waals surface area contributed by atoms with Gasteiger partial charge in [-0.25, -0.2) is 0 Å². The summed E-state index contributed by atoms with van der Waals surface area (Å²) in [7, 11) is 0. The molecule has 5 heteroatoms. The Hall–Kier alpha value is -1.65. The number of rotatable bonds is 2. The van der Waals surface area contributed by atoms with Crippen LogP contribution in [0.2, 0.25) is 0 Å². The number of nitrogens with zero attached hydrogens (tertiary/aromatic N) is 1. The van der Waals surface area contributed by atoms with E-state index < -0.39 is 5.97 Å². The molecular formula is C9H9NO4. The van der Waals surface area contributed by atoms with E-state index in [2.05, 4.69) is 5.16 Å². The standard InChI is InChI=1S/C9H9NO4/c11-6-3-1-2-5-9(6)7(14-10-5)4-8(12)13/h1-4H2,(H,12,13). The number of ketones is 1. The van der Waals surface area contributed by atoms with Crippen LogP contribution in [0.5, 0.6) is 0 Å². The first-order valence-electron chi connectivity index (χ1n) is 4.41. The fourth-order valence-corrected chi connectivity index (χ4v) is 1.65. The van der Waals surface area contributed by atoms with Crippen molar-refractivity contribution in [3.8, 4) is 0 Å². The lowest BCUT2D eigenvalue weighted by molar-refractivity contribution is -0.136. The van der Waals surface area contributed by atoms with E-state index in [1.54, 1.807) is 0 Å². The van der Waals surface area contributed by atoms with Gasteiger partial charge in [-0.05, 0) is 12.8 Å². The maximum Gasteiger partial charge on any atom is 0.311 e. The minimum absolute atomic E-state index is 0.0521. The van der Waals surface area contributed by atoms with Crippen LogP contribution in [0.4, 0.5) is 0 Å². The molecule has 0 bridgehead atoms. The van der Waals surface area contributed by atoms with E-state index in [1.165, 1.54) is 0 Å². The van der Waals surface area contributed by atoms with E-state index in [1.807, 2.05) is 0 Å². The highest BCUT2D eigenvalue weighted by Crippen LogP contribution is 2.24. The van der Waals surface area contributed by atoms with Crippen LogP contribution in [0.1, 0.15) is 34.7 Å². The summed E-state index contributed by atoms with van der Waals surface area (Å²) in [6, 6.07) is 0. The lowest BCUT2D eigenvalue weighted by atomic mass is 9.94. The molecule has 0 spiro atoms. The number of Topliss-reactive ketones (excluding diaryl/α,β-unsaturated/α-hetero) is 1. The predicted octanol–water partition coefficient (Wildman–Crippen LogP) is 0.821. The van der Waals surface area contributed by atoms with E-state index in [-0.39, 0.29) is 18.0 Å². The molecule has 1 aliphatic rings. The van der Waals surface area contributed by atoms with E-state index in [4.69, 9.17) is 9.63 Å². The molecule has 0 radical (unpaired) electrons. The van der Waals surface area contributed by atoms with Crippen molar-refractivity contribution in [3.05, 3.63) is 17.0 Å². The Bertz CT molecular complexity index is 394. The topological polar surface area (TPSA) is 80.4 Å². The minimum Gasteiger partial charge on any atom is -0.481 e. The fourth-order valence-electron chi connectivity index (χ4n) is 1.65. The molecule has 0 saturated carbocycles. The van der Waals surface area contributed by atoms with Gasteiger partial charge in [-0.3, -0.25) is 9.59 Å². The van der Waals surface area contributed by atoms with E-state index >= 15 is 0 Å². The predicted molar refractivity (Wildman–Crippen MR) is 45.1 cm³/mol. The fraction of sp³-hybridized carbons (Fsp3) is 0.444. The molecule has 0 aromatic carbocycles. The van der Waals surface area contributed by atoms with Crippen molar-refractivity contribution < 1.29 is 19.2 Å². The normalized spacial score (nSPS) is 15.3. The highest BCUT2D eigenvalue weighted by molar-refractivity contribution is 5.99. The van der Waals surface area contributed by atoms with Crippen molar-refractivity contribution in [3.63, 3.8) is 0 Å². The maximum atomic E-state index is 11.5. The Morgan fingerprint density at radius 3 is 3.00 bits per heavy atom. The SMILES string of the molecule is O=C(O)Cc1onc2c1C(=O)CCC2. The number of aliphatic carboxylic acids is 1. The van der Waals surface area contributed by atoms with Crippen molar-refractivity contribution >= 4 is 11.8 Å². The summed E-state index contributed by atoms with van der Waals surface area (Å²) < 4.78 is 4.85. The Morgan fingerprint density at radius 1 is 1.50 bits per heavy atom. The van der Waals surface area contributed by atoms with Crippen molar-refractivity contribution in [2.24, 2.45) is 0 Å². The molecule has 0 aliphatic heterocycles. The molecule has 0 unspecified atom stereocenters. The molecule has 0 atom stereocenters. The van der Waals surface area contributed by atoms with Crippen molar-refractivity contribution in [2.45, 2.75) is 25.7 Å². The zero-order chi connectivity index (χ0) is 10.1. The highest BCUT2D eigenvalue weighted by Gasteiger charge is 2.26. The molecule has 1 aliphatic carbocycles. The van der Waals surface area contributed by atoms with Crippen LogP contribution >= 0.6 is 0 Å². The number of carboxylic acids is 1. The first-order chi connectivity index (χ1) is 6.68. The second-order valence-corrected chi connectivity index (χ2v) is 3.27. The van der Waals surface area contributed by atoms with Gasteiger partial charge in [-0.15, -0.1) is 0 Å². The van der Waals surface area contributed by atoms with E-state index in [9.17, 15) is 9.59 Å². The lowest BCUT2D eigenvalue weighted by Crippen LogP contribution is -2.12. The van der Waals surface area contributed by atoms with E-state index in [0.29, 0.717) is 24.1 Å². The number of hydrogen-bond acceptors (Lipinski definition) is 4.